The van der Waals surface area contributed by atoms with Crippen LogP contribution in [0.1, 0.15) is 13.8 Å². The Morgan fingerprint density at radius 1 is 1.35 bits per heavy atom. The zero-order valence-corrected chi connectivity index (χ0v) is 9.67. The lowest BCUT2D eigenvalue weighted by atomic mass is 10.4. The lowest BCUT2D eigenvalue weighted by Crippen LogP contribution is -2.15. The van der Waals surface area contributed by atoms with Crippen LogP contribution in [0.2, 0.25) is 0 Å². The summed E-state index contributed by atoms with van der Waals surface area (Å²) in [5.41, 5.74) is 2.01. The number of nitrogens with one attached hydrogen (secondary N) is 1. The first-order chi connectivity index (χ1) is 8.04. The standard InChI is InChI=1S/C10H15F2N3O2/c1-6(2)16-3-4-17-10-8(12)5-7(11)9(14-10)15-13/h5-6H,3-4,13H2,1-2H3,(H,14,15). The molecule has 1 aromatic rings. The van der Waals surface area contributed by atoms with E-state index in [0.29, 0.717) is 12.7 Å². The number of aromatic nitrogens is 1. The van der Waals surface area contributed by atoms with Gasteiger partial charge in [0.2, 0.25) is 0 Å². The Balaban J connectivity index is 2.58. The molecule has 17 heavy (non-hydrogen) atoms. The van der Waals surface area contributed by atoms with E-state index in [9.17, 15) is 8.78 Å². The first-order valence-electron chi connectivity index (χ1n) is 5.11. The van der Waals surface area contributed by atoms with Crippen molar-refractivity contribution in [3.05, 3.63) is 17.7 Å². The maximum absolute atomic E-state index is 13.2. The quantitative estimate of drug-likeness (QED) is 0.452. The molecule has 3 N–H and O–H groups in total. The molecular formula is C10H15F2N3O2. The van der Waals surface area contributed by atoms with Crippen LogP contribution in [0.15, 0.2) is 6.07 Å². The Morgan fingerprint density at radius 3 is 2.65 bits per heavy atom. The predicted octanol–water partition coefficient (Wildman–Crippen LogP) is 1.45. The number of pyridine rings is 1. The molecule has 0 radical (unpaired) electrons. The Morgan fingerprint density at radius 2 is 2.06 bits per heavy atom. The monoisotopic (exact) mass is 247 g/mol. The third-order valence-corrected chi connectivity index (χ3v) is 1.81. The van der Waals surface area contributed by atoms with E-state index in [1.165, 1.54) is 0 Å². The number of nitrogens with two attached hydrogens (primary N) is 1. The molecule has 1 rings (SSSR count). The van der Waals surface area contributed by atoms with Gasteiger partial charge in [0.1, 0.15) is 6.61 Å². The van der Waals surface area contributed by atoms with Crippen molar-refractivity contribution in [2.24, 2.45) is 5.84 Å². The normalized spacial score (nSPS) is 10.7. The number of ether oxygens (including phenoxy) is 2. The molecule has 1 heterocycles. The zero-order chi connectivity index (χ0) is 12.8. The largest absolute Gasteiger partial charge is 0.473 e. The summed E-state index contributed by atoms with van der Waals surface area (Å²) in [6.07, 6.45) is 0.0610. The lowest BCUT2D eigenvalue weighted by Gasteiger charge is -2.10. The van der Waals surface area contributed by atoms with Crippen LogP contribution in [0.25, 0.3) is 0 Å². The van der Waals surface area contributed by atoms with E-state index in [0.717, 1.165) is 0 Å². The fraction of sp³-hybridized carbons (Fsp3) is 0.500. The first-order valence-corrected chi connectivity index (χ1v) is 5.11. The molecule has 0 bridgehead atoms. The third kappa shape index (κ3) is 4.12. The lowest BCUT2D eigenvalue weighted by molar-refractivity contribution is 0.0533. The highest BCUT2D eigenvalue weighted by molar-refractivity contribution is 5.38. The van der Waals surface area contributed by atoms with E-state index in [4.69, 9.17) is 15.3 Å². The molecular weight excluding hydrogens is 232 g/mol. The Kier molecular flexibility index (Phi) is 5.05. The van der Waals surface area contributed by atoms with Crippen LogP contribution in [0, 0.1) is 11.6 Å². The molecule has 0 aliphatic heterocycles. The molecule has 0 aromatic carbocycles. The average Bonchev–Trinajstić information content (AvgIpc) is 2.26. The molecule has 0 saturated carbocycles. The van der Waals surface area contributed by atoms with Crippen LogP contribution < -0.4 is 16.0 Å². The highest BCUT2D eigenvalue weighted by Gasteiger charge is 2.12. The second-order valence-electron chi connectivity index (χ2n) is 3.52. The van der Waals surface area contributed by atoms with Crippen LogP contribution in [-0.2, 0) is 4.74 Å². The molecule has 0 unspecified atom stereocenters. The van der Waals surface area contributed by atoms with Crippen molar-refractivity contribution in [3.63, 3.8) is 0 Å². The van der Waals surface area contributed by atoms with E-state index in [2.05, 4.69) is 4.98 Å². The van der Waals surface area contributed by atoms with Gasteiger partial charge in [-0.1, -0.05) is 0 Å². The van der Waals surface area contributed by atoms with Gasteiger partial charge < -0.3 is 14.9 Å². The maximum atomic E-state index is 13.2. The maximum Gasteiger partial charge on any atom is 0.252 e. The number of hydrogen-bond donors (Lipinski definition) is 2. The molecule has 0 atom stereocenters. The van der Waals surface area contributed by atoms with Crippen molar-refractivity contribution in [1.29, 1.82) is 0 Å². The second-order valence-corrected chi connectivity index (χ2v) is 3.52. The van der Waals surface area contributed by atoms with Crippen molar-refractivity contribution in [3.8, 4) is 5.88 Å². The minimum atomic E-state index is -0.883. The molecule has 1 aromatic heterocycles. The van der Waals surface area contributed by atoms with Crippen molar-refractivity contribution < 1.29 is 18.3 Å². The summed E-state index contributed by atoms with van der Waals surface area (Å²) in [5.74, 6) is 2.66. The van der Waals surface area contributed by atoms with Crippen LogP contribution in [0.4, 0.5) is 14.6 Å². The van der Waals surface area contributed by atoms with Crippen molar-refractivity contribution in [2.45, 2.75) is 20.0 Å². The number of nitrogens with zero attached hydrogens (tertiary/aromatic N) is 1. The van der Waals surface area contributed by atoms with Gasteiger partial charge >= 0.3 is 0 Å². The zero-order valence-electron chi connectivity index (χ0n) is 9.67. The summed E-state index contributed by atoms with van der Waals surface area (Å²) < 4.78 is 36.4. The van der Waals surface area contributed by atoms with Gasteiger partial charge in [0.05, 0.1) is 12.7 Å². The van der Waals surface area contributed by atoms with E-state index in [1.807, 2.05) is 19.3 Å². The van der Waals surface area contributed by atoms with Gasteiger partial charge in [0.15, 0.2) is 17.5 Å². The van der Waals surface area contributed by atoms with Gasteiger partial charge in [-0.15, -0.1) is 0 Å². The van der Waals surface area contributed by atoms with Crippen molar-refractivity contribution >= 4 is 5.82 Å². The Labute approximate surface area is 97.9 Å². The van der Waals surface area contributed by atoms with Crippen molar-refractivity contribution in [2.75, 3.05) is 18.6 Å². The summed E-state index contributed by atoms with van der Waals surface area (Å²) in [6, 6.07) is 0.654. The molecule has 96 valence electrons. The van der Waals surface area contributed by atoms with Gasteiger partial charge in [-0.2, -0.15) is 4.98 Å². The number of hydrogen-bond acceptors (Lipinski definition) is 5. The van der Waals surface area contributed by atoms with Gasteiger partial charge in [0, 0.05) is 6.07 Å². The van der Waals surface area contributed by atoms with E-state index >= 15 is 0 Å². The predicted molar refractivity (Wildman–Crippen MR) is 58.5 cm³/mol. The van der Waals surface area contributed by atoms with Crippen LogP contribution in [0.5, 0.6) is 5.88 Å². The second kappa shape index (κ2) is 6.31. The molecule has 0 amide bonds. The molecule has 0 aliphatic carbocycles. The molecule has 5 nitrogen and oxygen atoms in total. The highest BCUT2D eigenvalue weighted by atomic mass is 19.1. The van der Waals surface area contributed by atoms with Gasteiger partial charge in [-0.25, -0.2) is 14.6 Å². The Bertz CT molecular complexity index is 375. The molecule has 0 spiro atoms. The van der Waals surface area contributed by atoms with Crippen LogP contribution in [0.3, 0.4) is 0 Å². The highest BCUT2D eigenvalue weighted by Crippen LogP contribution is 2.19. The smallest absolute Gasteiger partial charge is 0.252 e. The first kappa shape index (κ1) is 13.6. The van der Waals surface area contributed by atoms with E-state index in [-0.39, 0.29) is 24.4 Å². The Hall–Kier alpha value is -1.47. The van der Waals surface area contributed by atoms with E-state index < -0.39 is 11.6 Å². The molecule has 0 aliphatic rings. The number of anilines is 1. The minimum absolute atomic E-state index is 0.0610. The topological polar surface area (TPSA) is 69.4 Å². The van der Waals surface area contributed by atoms with Crippen LogP contribution >= 0.6 is 0 Å². The number of halogens is 2. The van der Waals surface area contributed by atoms with Gasteiger partial charge in [-0.3, -0.25) is 0 Å². The van der Waals surface area contributed by atoms with Crippen LogP contribution in [-0.4, -0.2) is 24.3 Å². The summed E-state index contributed by atoms with van der Waals surface area (Å²) >= 11 is 0. The van der Waals surface area contributed by atoms with Gasteiger partial charge in [0.25, 0.3) is 5.88 Å². The summed E-state index contributed by atoms with van der Waals surface area (Å²) in [6.45, 7) is 4.15. The van der Waals surface area contributed by atoms with E-state index in [1.54, 1.807) is 0 Å². The van der Waals surface area contributed by atoms with Crippen molar-refractivity contribution in [1.82, 2.24) is 4.98 Å². The third-order valence-electron chi connectivity index (χ3n) is 1.81. The van der Waals surface area contributed by atoms with Gasteiger partial charge in [-0.05, 0) is 13.8 Å². The number of nitrogen functional groups attached to an aromatic ring is 1. The SMILES string of the molecule is CC(C)OCCOc1nc(NN)c(F)cc1F. The number of hydrazine groups is 1. The fourth-order valence-electron chi connectivity index (χ4n) is 1.07. The fourth-order valence-corrected chi connectivity index (χ4v) is 1.07. The molecule has 0 fully saturated rings. The average molecular weight is 247 g/mol. The summed E-state index contributed by atoms with van der Waals surface area (Å²) in [5, 5.41) is 0. The number of rotatable bonds is 6. The molecule has 7 heteroatoms. The minimum Gasteiger partial charge on any atom is -0.473 e. The molecule has 0 saturated heterocycles. The summed E-state index contributed by atoms with van der Waals surface area (Å²) in [4.78, 5) is 3.54. The summed E-state index contributed by atoms with van der Waals surface area (Å²) in [7, 11) is 0.